The Hall–Kier alpha value is -3.15. The first kappa shape index (κ1) is 18.6. The number of fused-ring (bicyclic) bond motifs is 1. The molecule has 1 N–H and O–H groups in total. The number of rotatable bonds is 8. The second-order valence-electron chi connectivity index (χ2n) is 6.15. The normalized spacial score (nSPS) is 10.6. The predicted octanol–water partition coefficient (Wildman–Crippen LogP) is 3.03. The topological polar surface area (TPSA) is 61.7 Å². The Morgan fingerprint density at radius 3 is 2.52 bits per heavy atom. The lowest BCUT2D eigenvalue weighted by atomic mass is 10.1. The van der Waals surface area contributed by atoms with Gasteiger partial charge in [0.25, 0.3) is 0 Å². The fourth-order valence-corrected chi connectivity index (χ4v) is 3.05. The summed E-state index contributed by atoms with van der Waals surface area (Å²) in [7, 11) is 4.83. The van der Waals surface area contributed by atoms with Crippen LogP contribution < -0.4 is 19.5 Å². The number of hydrogen-bond acceptors (Lipinski definition) is 4. The maximum absolute atomic E-state index is 12.2. The van der Waals surface area contributed by atoms with Gasteiger partial charge in [0.15, 0.2) is 11.5 Å². The summed E-state index contributed by atoms with van der Waals surface area (Å²) in [6.07, 6.45) is 2.31. The number of nitrogens with zero attached hydrogens (tertiary/aromatic N) is 1. The molecular weight excluding hydrogens is 344 g/mol. The number of hydrogen-bond donors (Lipinski definition) is 1. The van der Waals surface area contributed by atoms with E-state index in [9.17, 15) is 4.79 Å². The minimum absolute atomic E-state index is 0.0275. The Labute approximate surface area is 158 Å². The first-order chi connectivity index (χ1) is 13.1. The molecule has 3 aromatic rings. The van der Waals surface area contributed by atoms with E-state index in [0.717, 1.165) is 22.2 Å². The minimum atomic E-state index is -0.0275. The van der Waals surface area contributed by atoms with Crippen LogP contribution in [0.4, 0.5) is 0 Å². The van der Waals surface area contributed by atoms with Crippen LogP contribution in [-0.2, 0) is 17.8 Å². The summed E-state index contributed by atoms with van der Waals surface area (Å²) in [5.74, 6) is 2.08. The number of amides is 1. The SMILES string of the molecule is COc1ccc2c(ccn2CCNC(=O)Cc2ccc(OC)c(OC)c2)c1. The number of benzene rings is 2. The molecule has 0 fully saturated rings. The maximum Gasteiger partial charge on any atom is 0.224 e. The molecule has 27 heavy (non-hydrogen) atoms. The molecule has 1 amide bonds. The second-order valence-corrected chi connectivity index (χ2v) is 6.15. The van der Waals surface area contributed by atoms with Gasteiger partial charge in [-0.3, -0.25) is 4.79 Å². The Kier molecular flexibility index (Phi) is 5.86. The second kappa shape index (κ2) is 8.49. The molecule has 1 aromatic heterocycles. The van der Waals surface area contributed by atoms with E-state index >= 15 is 0 Å². The first-order valence-corrected chi connectivity index (χ1v) is 8.75. The molecule has 2 aromatic carbocycles. The molecule has 142 valence electrons. The summed E-state index contributed by atoms with van der Waals surface area (Å²) < 4.78 is 17.9. The van der Waals surface area contributed by atoms with Gasteiger partial charge in [-0.1, -0.05) is 6.07 Å². The van der Waals surface area contributed by atoms with Crippen molar-refractivity contribution < 1.29 is 19.0 Å². The van der Waals surface area contributed by atoms with E-state index in [1.54, 1.807) is 21.3 Å². The van der Waals surface area contributed by atoms with Gasteiger partial charge in [0, 0.05) is 30.2 Å². The summed E-state index contributed by atoms with van der Waals surface area (Å²) in [5.41, 5.74) is 1.99. The fourth-order valence-electron chi connectivity index (χ4n) is 3.05. The molecule has 0 aliphatic heterocycles. The molecule has 0 atom stereocenters. The van der Waals surface area contributed by atoms with Crippen LogP contribution in [0.25, 0.3) is 10.9 Å². The average Bonchev–Trinajstić information content (AvgIpc) is 3.10. The number of carbonyl (C=O) groups is 1. The third-order valence-electron chi connectivity index (χ3n) is 4.47. The highest BCUT2D eigenvalue weighted by molar-refractivity contribution is 5.82. The highest BCUT2D eigenvalue weighted by atomic mass is 16.5. The summed E-state index contributed by atoms with van der Waals surface area (Å²) in [6.45, 7) is 1.26. The van der Waals surface area contributed by atoms with Crippen LogP contribution in [0.3, 0.4) is 0 Å². The van der Waals surface area contributed by atoms with E-state index < -0.39 is 0 Å². The summed E-state index contributed by atoms with van der Waals surface area (Å²) >= 11 is 0. The Balaban J connectivity index is 1.55. The number of carbonyl (C=O) groups excluding carboxylic acids is 1. The van der Waals surface area contributed by atoms with Gasteiger partial charge in [0.2, 0.25) is 5.91 Å². The fraction of sp³-hybridized carbons (Fsp3) is 0.286. The molecule has 0 bridgehead atoms. The van der Waals surface area contributed by atoms with E-state index in [1.807, 2.05) is 48.7 Å². The number of ether oxygens (including phenoxy) is 3. The molecule has 1 heterocycles. The Morgan fingerprint density at radius 1 is 0.963 bits per heavy atom. The predicted molar refractivity (Wildman–Crippen MR) is 105 cm³/mol. The zero-order valence-corrected chi connectivity index (χ0v) is 15.8. The number of methoxy groups -OCH3 is 3. The van der Waals surface area contributed by atoms with Crippen LogP contribution >= 0.6 is 0 Å². The smallest absolute Gasteiger partial charge is 0.224 e. The largest absolute Gasteiger partial charge is 0.497 e. The van der Waals surface area contributed by atoms with E-state index in [2.05, 4.69) is 9.88 Å². The van der Waals surface area contributed by atoms with Crippen molar-refractivity contribution in [2.75, 3.05) is 27.9 Å². The Morgan fingerprint density at radius 2 is 1.78 bits per heavy atom. The molecule has 6 nitrogen and oxygen atoms in total. The molecule has 6 heteroatoms. The van der Waals surface area contributed by atoms with E-state index in [0.29, 0.717) is 31.0 Å². The molecule has 0 saturated carbocycles. The zero-order chi connectivity index (χ0) is 19.2. The number of nitrogens with one attached hydrogen (secondary N) is 1. The average molecular weight is 368 g/mol. The summed E-state index contributed by atoms with van der Waals surface area (Å²) in [4.78, 5) is 12.2. The van der Waals surface area contributed by atoms with Crippen LogP contribution in [0.5, 0.6) is 17.2 Å². The van der Waals surface area contributed by atoms with Gasteiger partial charge in [0.1, 0.15) is 5.75 Å². The van der Waals surface area contributed by atoms with Gasteiger partial charge < -0.3 is 24.1 Å². The van der Waals surface area contributed by atoms with Crippen LogP contribution in [-0.4, -0.2) is 38.3 Å². The van der Waals surface area contributed by atoms with Crippen molar-refractivity contribution in [3.63, 3.8) is 0 Å². The van der Waals surface area contributed by atoms with Crippen molar-refractivity contribution in [3.05, 3.63) is 54.2 Å². The molecule has 0 unspecified atom stereocenters. The molecule has 0 aliphatic rings. The van der Waals surface area contributed by atoms with Gasteiger partial charge in [-0.2, -0.15) is 0 Å². The molecule has 3 rings (SSSR count). The lowest BCUT2D eigenvalue weighted by Gasteiger charge is -2.10. The van der Waals surface area contributed by atoms with E-state index in [1.165, 1.54) is 0 Å². The monoisotopic (exact) mass is 368 g/mol. The van der Waals surface area contributed by atoms with Crippen molar-refractivity contribution in [2.45, 2.75) is 13.0 Å². The minimum Gasteiger partial charge on any atom is -0.497 e. The van der Waals surface area contributed by atoms with Crippen LogP contribution in [0.2, 0.25) is 0 Å². The van der Waals surface area contributed by atoms with E-state index in [4.69, 9.17) is 14.2 Å². The van der Waals surface area contributed by atoms with Gasteiger partial charge in [-0.25, -0.2) is 0 Å². The van der Waals surface area contributed by atoms with Gasteiger partial charge in [-0.15, -0.1) is 0 Å². The first-order valence-electron chi connectivity index (χ1n) is 8.75. The van der Waals surface area contributed by atoms with E-state index in [-0.39, 0.29) is 5.91 Å². The highest BCUT2D eigenvalue weighted by Gasteiger charge is 2.09. The van der Waals surface area contributed by atoms with Crippen molar-refractivity contribution in [1.82, 2.24) is 9.88 Å². The van der Waals surface area contributed by atoms with Gasteiger partial charge >= 0.3 is 0 Å². The third kappa shape index (κ3) is 4.34. The molecular formula is C21H24N2O4. The quantitative estimate of drug-likeness (QED) is 0.664. The zero-order valence-electron chi connectivity index (χ0n) is 15.8. The molecule has 0 aliphatic carbocycles. The van der Waals surface area contributed by atoms with Crippen molar-refractivity contribution in [2.24, 2.45) is 0 Å². The van der Waals surface area contributed by atoms with Crippen LogP contribution in [0, 0.1) is 0 Å². The number of aromatic nitrogens is 1. The van der Waals surface area contributed by atoms with Crippen molar-refractivity contribution in [3.8, 4) is 17.2 Å². The lowest BCUT2D eigenvalue weighted by Crippen LogP contribution is -2.28. The standard InChI is InChI=1S/C21H24N2O4/c1-25-17-5-6-18-16(14-17)8-10-23(18)11-9-22-21(24)13-15-4-7-19(26-2)20(12-15)27-3/h4-8,10,12,14H,9,11,13H2,1-3H3,(H,22,24). The Bertz CT molecular complexity index is 933. The summed E-state index contributed by atoms with van der Waals surface area (Å²) in [6, 6.07) is 13.5. The maximum atomic E-state index is 12.2. The van der Waals surface area contributed by atoms with Crippen molar-refractivity contribution >= 4 is 16.8 Å². The lowest BCUT2D eigenvalue weighted by molar-refractivity contribution is -0.120. The van der Waals surface area contributed by atoms with Crippen LogP contribution in [0.15, 0.2) is 48.7 Å². The third-order valence-corrected chi connectivity index (χ3v) is 4.47. The summed E-state index contributed by atoms with van der Waals surface area (Å²) in [5, 5.41) is 4.08. The van der Waals surface area contributed by atoms with Crippen molar-refractivity contribution in [1.29, 1.82) is 0 Å². The highest BCUT2D eigenvalue weighted by Crippen LogP contribution is 2.27. The molecule has 0 radical (unpaired) electrons. The molecule has 0 saturated heterocycles. The van der Waals surface area contributed by atoms with Gasteiger partial charge in [-0.05, 0) is 42.0 Å². The van der Waals surface area contributed by atoms with Gasteiger partial charge in [0.05, 0.1) is 27.8 Å². The molecule has 0 spiro atoms. The van der Waals surface area contributed by atoms with Crippen LogP contribution in [0.1, 0.15) is 5.56 Å².